The molecule has 0 aliphatic heterocycles. The van der Waals surface area contributed by atoms with Gasteiger partial charge in [-0.2, -0.15) is 0 Å². The summed E-state index contributed by atoms with van der Waals surface area (Å²) in [5.74, 6) is -0.376. The minimum Gasteiger partial charge on any atom is -0.352 e. The second-order valence-electron chi connectivity index (χ2n) is 8.85. The summed E-state index contributed by atoms with van der Waals surface area (Å²) in [6, 6.07) is 22.2. The van der Waals surface area contributed by atoms with E-state index >= 15 is 0 Å². The molecule has 0 saturated carbocycles. The van der Waals surface area contributed by atoms with E-state index in [9.17, 15) is 9.59 Å². The zero-order valence-electron chi connectivity index (χ0n) is 20.4. The highest BCUT2D eigenvalue weighted by molar-refractivity contribution is 6.36. The first-order valence-corrected chi connectivity index (χ1v) is 12.7. The summed E-state index contributed by atoms with van der Waals surface area (Å²) in [4.78, 5) is 29.1. The summed E-state index contributed by atoms with van der Waals surface area (Å²) in [7, 11) is 0. The van der Waals surface area contributed by atoms with Gasteiger partial charge in [-0.25, -0.2) is 0 Å². The SMILES string of the molecule is CC[C@H](C)NC(=O)[C@@H](Cc1ccccc1)N(Cc1ccccc1C)C(=O)Cc1c(Cl)cccc1Cl. The van der Waals surface area contributed by atoms with Crippen LogP contribution in [0.1, 0.15) is 42.5 Å². The van der Waals surface area contributed by atoms with Crippen LogP contribution in [-0.4, -0.2) is 28.8 Å². The molecule has 3 rings (SSSR count). The Balaban J connectivity index is 2.02. The molecular formula is C29H32Cl2N2O2. The molecule has 3 aromatic rings. The van der Waals surface area contributed by atoms with Crippen molar-refractivity contribution >= 4 is 35.0 Å². The molecule has 184 valence electrons. The lowest BCUT2D eigenvalue weighted by molar-refractivity contribution is -0.141. The zero-order valence-corrected chi connectivity index (χ0v) is 21.9. The van der Waals surface area contributed by atoms with E-state index in [0.717, 1.165) is 23.1 Å². The summed E-state index contributed by atoms with van der Waals surface area (Å²) in [6.45, 7) is 6.30. The number of aryl methyl sites for hydroxylation is 1. The number of hydrogen-bond acceptors (Lipinski definition) is 2. The molecule has 0 radical (unpaired) electrons. The Bertz CT molecular complexity index is 1130. The Morgan fingerprint density at radius 1 is 0.914 bits per heavy atom. The Labute approximate surface area is 218 Å². The number of nitrogens with one attached hydrogen (secondary N) is 1. The monoisotopic (exact) mass is 510 g/mol. The predicted octanol–water partition coefficient (Wildman–Crippen LogP) is 6.40. The van der Waals surface area contributed by atoms with Crippen LogP contribution in [0.25, 0.3) is 0 Å². The number of hydrogen-bond donors (Lipinski definition) is 1. The number of halogens is 2. The average molecular weight is 511 g/mol. The largest absolute Gasteiger partial charge is 0.352 e. The molecule has 2 amide bonds. The van der Waals surface area contributed by atoms with Gasteiger partial charge in [0.25, 0.3) is 0 Å². The van der Waals surface area contributed by atoms with Crippen molar-refractivity contribution in [2.75, 3.05) is 0 Å². The maximum absolute atomic E-state index is 13.9. The van der Waals surface area contributed by atoms with E-state index in [4.69, 9.17) is 23.2 Å². The first kappa shape index (κ1) is 26.8. The molecule has 0 aromatic heterocycles. The summed E-state index contributed by atoms with van der Waals surface area (Å²) in [6.07, 6.45) is 1.20. The van der Waals surface area contributed by atoms with E-state index in [1.54, 1.807) is 23.1 Å². The van der Waals surface area contributed by atoms with Gasteiger partial charge in [0.2, 0.25) is 11.8 Å². The molecule has 0 unspecified atom stereocenters. The number of benzene rings is 3. The normalized spacial score (nSPS) is 12.6. The van der Waals surface area contributed by atoms with Crippen molar-refractivity contribution in [1.82, 2.24) is 10.2 Å². The van der Waals surface area contributed by atoms with E-state index in [2.05, 4.69) is 5.32 Å². The van der Waals surface area contributed by atoms with Gasteiger partial charge in [-0.3, -0.25) is 9.59 Å². The maximum Gasteiger partial charge on any atom is 0.243 e. The van der Waals surface area contributed by atoms with Crippen LogP contribution in [0.15, 0.2) is 72.8 Å². The molecular weight excluding hydrogens is 479 g/mol. The van der Waals surface area contributed by atoms with Crippen molar-refractivity contribution in [3.05, 3.63) is 105 Å². The van der Waals surface area contributed by atoms with Gasteiger partial charge in [0, 0.05) is 29.1 Å². The molecule has 0 spiro atoms. The van der Waals surface area contributed by atoms with Crippen LogP contribution in [-0.2, 0) is 29.0 Å². The van der Waals surface area contributed by atoms with E-state index in [1.807, 2.05) is 75.4 Å². The van der Waals surface area contributed by atoms with Crippen LogP contribution in [0.5, 0.6) is 0 Å². The second-order valence-corrected chi connectivity index (χ2v) is 9.66. The van der Waals surface area contributed by atoms with Gasteiger partial charge in [0.05, 0.1) is 6.42 Å². The number of nitrogens with zero attached hydrogens (tertiary/aromatic N) is 1. The number of carbonyl (C=O) groups is 2. The molecule has 0 saturated heterocycles. The Morgan fingerprint density at radius 2 is 1.54 bits per heavy atom. The highest BCUT2D eigenvalue weighted by Gasteiger charge is 2.31. The Morgan fingerprint density at radius 3 is 2.17 bits per heavy atom. The van der Waals surface area contributed by atoms with Crippen molar-refractivity contribution in [1.29, 1.82) is 0 Å². The van der Waals surface area contributed by atoms with Gasteiger partial charge >= 0.3 is 0 Å². The lowest BCUT2D eigenvalue weighted by atomic mass is 10.00. The molecule has 3 aromatic carbocycles. The first-order chi connectivity index (χ1) is 16.8. The minimum atomic E-state index is -0.695. The number of rotatable bonds is 10. The fraction of sp³-hybridized carbons (Fsp3) is 0.310. The van der Waals surface area contributed by atoms with E-state index in [0.29, 0.717) is 28.6 Å². The van der Waals surface area contributed by atoms with Gasteiger partial charge in [-0.1, -0.05) is 90.8 Å². The van der Waals surface area contributed by atoms with Crippen LogP contribution < -0.4 is 5.32 Å². The third kappa shape index (κ3) is 7.33. The summed E-state index contributed by atoms with van der Waals surface area (Å²) < 4.78 is 0. The van der Waals surface area contributed by atoms with Crippen molar-refractivity contribution in [3.63, 3.8) is 0 Å². The molecule has 0 bridgehead atoms. The van der Waals surface area contributed by atoms with E-state index < -0.39 is 6.04 Å². The smallest absolute Gasteiger partial charge is 0.243 e. The van der Waals surface area contributed by atoms with Gasteiger partial charge < -0.3 is 10.2 Å². The topological polar surface area (TPSA) is 49.4 Å². The van der Waals surface area contributed by atoms with Crippen LogP contribution in [0.3, 0.4) is 0 Å². The highest BCUT2D eigenvalue weighted by Crippen LogP contribution is 2.26. The van der Waals surface area contributed by atoms with Crippen LogP contribution in [0, 0.1) is 6.92 Å². The van der Waals surface area contributed by atoms with Crippen molar-refractivity contribution in [3.8, 4) is 0 Å². The predicted molar refractivity (Wildman–Crippen MR) is 144 cm³/mol. The van der Waals surface area contributed by atoms with Gasteiger partial charge in [-0.15, -0.1) is 0 Å². The fourth-order valence-electron chi connectivity index (χ4n) is 3.92. The van der Waals surface area contributed by atoms with Gasteiger partial charge in [-0.05, 0) is 54.7 Å². The van der Waals surface area contributed by atoms with Gasteiger partial charge in [0.1, 0.15) is 6.04 Å². The second kappa shape index (κ2) is 12.8. The van der Waals surface area contributed by atoms with Crippen molar-refractivity contribution in [2.45, 2.75) is 58.7 Å². The Hall–Kier alpha value is -2.82. The first-order valence-electron chi connectivity index (χ1n) is 11.9. The van der Waals surface area contributed by atoms with Crippen LogP contribution in [0.4, 0.5) is 0 Å². The molecule has 0 fully saturated rings. The molecule has 4 nitrogen and oxygen atoms in total. The third-order valence-corrected chi connectivity index (χ3v) is 6.97. The maximum atomic E-state index is 13.9. The van der Waals surface area contributed by atoms with Crippen LogP contribution >= 0.6 is 23.2 Å². The molecule has 1 N–H and O–H groups in total. The Kier molecular flexibility index (Phi) is 9.76. The van der Waals surface area contributed by atoms with E-state index in [1.165, 1.54) is 0 Å². The highest BCUT2D eigenvalue weighted by atomic mass is 35.5. The molecule has 2 atom stereocenters. The van der Waals surface area contributed by atoms with Crippen LogP contribution in [0.2, 0.25) is 10.0 Å². The quantitative estimate of drug-likeness (QED) is 0.343. The third-order valence-electron chi connectivity index (χ3n) is 6.26. The molecule has 0 heterocycles. The molecule has 6 heteroatoms. The van der Waals surface area contributed by atoms with Crippen molar-refractivity contribution in [2.24, 2.45) is 0 Å². The van der Waals surface area contributed by atoms with Gasteiger partial charge in [0.15, 0.2) is 0 Å². The number of amides is 2. The number of carbonyl (C=O) groups excluding carboxylic acids is 2. The van der Waals surface area contributed by atoms with Crippen molar-refractivity contribution < 1.29 is 9.59 Å². The molecule has 0 aliphatic carbocycles. The summed E-state index contributed by atoms with van der Waals surface area (Å²) in [5, 5.41) is 3.96. The summed E-state index contributed by atoms with van der Waals surface area (Å²) in [5.41, 5.74) is 3.59. The fourth-order valence-corrected chi connectivity index (χ4v) is 4.45. The zero-order chi connectivity index (χ0) is 25.4. The minimum absolute atomic E-state index is 0.00537. The molecule has 0 aliphatic rings. The lowest BCUT2D eigenvalue weighted by Gasteiger charge is -2.33. The molecule has 35 heavy (non-hydrogen) atoms. The summed E-state index contributed by atoms with van der Waals surface area (Å²) >= 11 is 12.8. The van der Waals surface area contributed by atoms with E-state index in [-0.39, 0.29) is 24.3 Å². The average Bonchev–Trinajstić information content (AvgIpc) is 2.85. The standard InChI is InChI=1S/C29H32Cl2N2O2/c1-4-21(3)32-29(35)27(17-22-12-6-5-7-13-22)33(19-23-14-9-8-11-20(23)2)28(34)18-24-25(30)15-10-16-26(24)31/h5-16,21,27H,4,17-19H2,1-3H3,(H,32,35)/t21-,27+/m0/s1. The lowest BCUT2D eigenvalue weighted by Crippen LogP contribution is -2.52.